The summed E-state index contributed by atoms with van der Waals surface area (Å²) in [5, 5.41) is 0.895. The lowest BCUT2D eigenvalue weighted by Crippen LogP contribution is -2.25. The minimum absolute atomic E-state index is 0.413. The third-order valence-corrected chi connectivity index (χ3v) is 2.72. The van der Waals surface area contributed by atoms with Gasteiger partial charge in [0.1, 0.15) is 0 Å². The van der Waals surface area contributed by atoms with Crippen LogP contribution in [0.4, 0.5) is 5.13 Å². The van der Waals surface area contributed by atoms with Crippen LogP contribution in [0.25, 0.3) is 0 Å². The number of hydrogen-bond acceptors (Lipinski definition) is 4. The second kappa shape index (κ2) is 3.67. The fourth-order valence-electron chi connectivity index (χ4n) is 0.715. The Morgan fingerprint density at radius 3 is 2.75 bits per heavy atom. The van der Waals surface area contributed by atoms with Crippen molar-refractivity contribution in [2.24, 2.45) is 0 Å². The van der Waals surface area contributed by atoms with Crippen LogP contribution in [0.1, 0.15) is 23.5 Å². The molecule has 4 heteroatoms. The number of thiazole rings is 1. The van der Waals surface area contributed by atoms with Crippen molar-refractivity contribution in [2.75, 3.05) is 11.9 Å². The SMILES string of the molecule is CC(C)N(C)c1ncc(C=O)s1. The summed E-state index contributed by atoms with van der Waals surface area (Å²) < 4.78 is 0. The maximum absolute atomic E-state index is 10.4. The van der Waals surface area contributed by atoms with Gasteiger partial charge in [0.05, 0.1) is 11.1 Å². The molecule has 0 aromatic carbocycles. The number of carbonyl (C=O) groups excluding carboxylic acids is 1. The van der Waals surface area contributed by atoms with Gasteiger partial charge in [0, 0.05) is 13.1 Å². The highest BCUT2D eigenvalue weighted by atomic mass is 32.1. The van der Waals surface area contributed by atoms with Crippen LogP contribution in [0.15, 0.2) is 6.20 Å². The molecule has 1 aromatic rings. The topological polar surface area (TPSA) is 33.2 Å². The van der Waals surface area contributed by atoms with E-state index >= 15 is 0 Å². The van der Waals surface area contributed by atoms with Crippen molar-refractivity contribution in [1.82, 2.24) is 4.98 Å². The highest BCUT2D eigenvalue weighted by molar-refractivity contribution is 7.17. The lowest BCUT2D eigenvalue weighted by Gasteiger charge is -2.19. The van der Waals surface area contributed by atoms with Crippen molar-refractivity contribution in [2.45, 2.75) is 19.9 Å². The molecule has 0 bridgehead atoms. The molecule has 0 atom stereocenters. The van der Waals surface area contributed by atoms with Gasteiger partial charge in [-0.2, -0.15) is 0 Å². The normalized spacial score (nSPS) is 10.3. The summed E-state index contributed by atoms with van der Waals surface area (Å²) in [6, 6.07) is 0.413. The summed E-state index contributed by atoms with van der Waals surface area (Å²) in [7, 11) is 1.97. The van der Waals surface area contributed by atoms with Gasteiger partial charge in [0.15, 0.2) is 11.4 Å². The van der Waals surface area contributed by atoms with Crippen LogP contribution in [0.3, 0.4) is 0 Å². The first-order valence-electron chi connectivity index (χ1n) is 3.79. The van der Waals surface area contributed by atoms with Crippen molar-refractivity contribution >= 4 is 22.8 Å². The molecule has 1 rings (SSSR count). The number of hydrogen-bond donors (Lipinski definition) is 0. The molecule has 0 aliphatic heterocycles. The van der Waals surface area contributed by atoms with Crippen LogP contribution in [0.2, 0.25) is 0 Å². The van der Waals surface area contributed by atoms with Gasteiger partial charge in [-0.15, -0.1) is 0 Å². The number of aromatic nitrogens is 1. The van der Waals surface area contributed by atoms with Crippen LogP contribution in [-0.4, -0.2) is 24.4 Å². The number of nitrogens with zero attached hydrogens (tertiary/aromatic N) is 2. The second-order valence-corrected chi connectivity index (χ2v) is 3.91. The van der Waals surface area contributed by atoms with Gasteiger partial charge >= 0.3 is 0 Å². The van der Waals surface area contributed by atoms with E-state index in [1.54, 1.807) is 6.20 Å². The fraction of sp³-hybridized carbons (Fsp3) is 0.500. The average molecular weight is 184 g/mol. The molecule has 0 N–H and O–H groups in total. The Hall–Kier alpha value is -0.900. The molecule has 12 heavy (non-hydrogen) atoms. The number of rotatable bonds is 3. The summed E-state index contributed by atoms with van der Waals surface area (Å²) in [6.45, 7) is 4.17. The Balaban J connectivity index is 2.81. The van der Waals surface area contributed by atoms with Crippen LogP contribution in [0, 0.1) is 0 Å². The third-order valence-electron chi connectivity index (χ3n) is 1.70. The Bertz CT molecular complexity index is 270. The maximum Gasteiger partial charge on any atom is 0.185 e. The van der Waals surface area contributed by atoms with Crippen molar-refractivity contribution in [3.8, 4) is 0 Å². The maximum atomic E-state index is 10.4. The summed E-state index contributed by atoms with van der Waals surface area (Å²) >= 11 is 1.42. The third kappa shape index (κ3) is 1.82. The molecule has 0 radical (unpaired) electrons. The summed E-state index contributed by atoms with van der Waals surface area (Å²) in [4.78, 5) is 17.2. The highest BCUT2D eigenvalue weighted by Gasteiger charge is 2.08. The predicted octanol–water partition coefficient (Wildman–Crippen LogP) is 1.80. The van der Waals surface area contributed by atoms with Gasteiger partial charge in [0.25, 0.3) is 0 Å². The lowest BCUT2D eigenvalue weighted by molar-refractivity contribution is 0.112. The minimum Gasteiger partial charge on any atom is -0.349 e. The van der Waals surface area contributed by atoms with Gasteiger partial charge in [-0.25, -0.2) is 4.98 Å². The molecule has 1 aromatic heterocycles. The van der Waals surface area contributed by atoms with Gasteiger partial charge in [-0.1, -0.05) is 11.3 Å². The first kappa shape index (κ1) is 9.19. The molecule has 0 aliphatic rings. The Morgan fingerprint density at radius 1 is 1.67 bits per heavy atom. The van der Waals surface area contributed by atoms with E-state index in [0.717, 1.165) is 11.4 Å². The van der Waals surface area contributed by atoms with Gasteiger partial charge in [-0.3, -0.25) is 4.79 Å². The molecule has 0 amide bonds. The van der Waals surface area contributed by atoms with E-state index in [-0.39, 0.29) is 0 Å². The zero-order valence-corrected chi connectivity index (χ0v) is 8.26. The molecule has 0 unspecified atom stereocenters. The smallest absolute Gasteiger partial charge is 0.185 e. The van der Waals surface area contributed by atoms with E-state index in [1.165, 1.54) is 11.3 Å². The van der Waals surface area contributed by atoms with Gasteiger partial charge < -0.3 is 4.90 Å². The van der Waals surface area contributed by atoms with Crippen LogP contribution in [0.5, 0.6) is 0 Å². The van der Waals surface area contributed by atoms with E-state index in [4.69, 9.17) is 0 Å². The molecule has 66 valence electrons. The Kier molecular flexibility index (Phi) is 2.81. The predicted molar refractivity (Wildman–Crippen MR) is 51.0 cm³/mol. The van der Waals surface area contributed by atoms with Crippen LogP contribution < -0.4 is 4.90 Å². The second-order valence-electron chi connectivity index (χ2n) is 2.87. The molecular formula is C8H12N2OS. The van der Waals surface area contributed by atoms with Crippen LogP contribution in [-0.2, 0) is 0 Å². The molecule has 0 spiro atoms. The van der Waals surface area contributed by atoms with Crippen molar-refractivity contribution in [3.05, 3.63) is 11.1 Å². The molecule has 0 saturated carbocycles. The van der Waals surface area contributed by atoms with Gasteiger partial charge in [-0.05, 0) is 13.8 Å². The standard InChI is InChI=1S/C8H12N2OS/c1-6(2)10(3)8-9-4-7(5-11)12-8/h4-6H,1-3H3. The van der Waals surface area contributed by atoms with E-state index in [2.05, 4.69) is 18.8 Å². The lowest BCUT2D eigenvalue weighted by atomic mass is 10.4. The van der Waals surface area contributed by atoms with E-state index in [1.807, 2.05) is 11.9 Å². The first-order chi connectivity index (χ1) is 5.65. The molecule has 0 saturated heterocycles. The average Bonchev–Trinajstić information content (AvgIpc) is 2.50. The molecule has 3 nitrogen and oxygen atoms in total. The Morgan fingerprint density at radius 2 is 2.33 bits per heavy atom. The molecule has 0 aliphatic carbocycles. The molecule has 0 fully saturated rings. The van der Waals surface area contributed by atoms with Crippen LogP contribution >= 0.6 is 11.3 Å². The van der Waals surface area contributed by atoms with Crippen molar-refractivity contribution in [3.63, 3.8) is 0 Å². The quantitative estimate of drug-likeness (QED) is 0.672. The van der Waals surface area contributed by atoms with E-state index in [0.29, 0.717) is 10.9 Å². The molecular weight excluding hydrogens is 172 g/mol. The van der Waals surface area contributed by atoms with Crippen molar-refractivity contribution < 1.29 is 4.79 Å². The summed E-state index contributed by atoms with van der Waals surface area (Å²) in [6.07, 6.45) is 2.43. The largest absolute Gasteiger partial charge is 0.349 e. The number of aldehydes is 1. The fourth-order valence-corrected chi connectivity index (χ4v) is 1.54. The monoisotopic (exact) mass is 184 g/mol. The Labute approximate surface area is 76.0 Å². The first-order valence-corrected chi connectivity index (χ1v) is 4.60. The minimum atomic E-state index is 0.413. The summed E-state index contributed by atoms with van der Waals surface area (Å²) in [5.74, 6) is 0. The van der Waals surface area contributed by atoms with Crippen molar-refractivity contribution in [1.29, 1.82) is 0 Å². The number of anilines is 1. The number of carbonyl (C=O) groups is 1. The molecule has 1 heterocycles. The van der Waals surface area contributed by atoms with E-state index in [9.17, 15) is 4.79 Å². The zero-order valence-electron chi connectivity index (χ0n) is 7.44. The van der Waals surface area contributed by atoms with Gasteiger partial charge in [0.2, 0.25) is 0 Å². The summed E-state index contributed by atoms with van der Waals surface area (Å²) in [5.41, 5.74) is 0. The highest BCUT2D eigenvalue weighted by Crippen LogP contribution is 2.21. The van der Waals surface area contributed by atoms with E-state index < -0.39 is 0 Å². The zero-order chi connectivity index (χ0) is 9.14.